The zero-order valence-corrected chi connectivity index (χ0v) is 16.3. The molecule has 0 bridgehead atoms. The highest BCUT2D eigenvalue weighted by atomic mass is 35.5. The van der Waals surface area contributed by atoms with Crippen molar-refractivity contribution < 1.29 is 14.5 Å². The number of hydrogen-bond acceptors (Lipinski definition) is 6. The van der Waals surface area contributed by atoms with Gasteiger partial charge in [-0.05, 0) is 29.2 Å². The summed E-state index contributed by atoms with van der Waals surface area (Å²) >= 11 is 1.46. The average molecular weight is 418 g/mol. The number of benzene rings is 2. The number of hydrogen-bond donors (Lipinski definition) is 1. The van der Waals surface area contributed by atoms with Gasteiger partial charge in [-0.2, -0.15) is 0 Å². The van der Waals surface area contributed by atoms with Crippen molar-refractivity contribution in [2.75, 3.05) is 7.11 Å². The van der Waals surface area contributed by atoms with Crippen LogP contribution in [-0.4, -0.2) is 28.3 Å². The molecule has 1 unspecified atom stereocenters. The lowest BCUT2D eigenvalue weighted by Gasteiger charge is -2.21. The minimum Gasteiger partial charge on any atom is -0.497 e. The molecule has 1 amide bonds. The third-order valence-electron chi connectivity index (χ3n) is 4.32. The number of ether oxygens (including phenoxy) is 1. The second-order valence-corrected chi connectivity index (χ2v) is 6.90. The summed E-state index contributed by atoms with van der Waals surface area (Å²) < 4.78 is 5.16. The number of amides is 1. The van der Waals surface area contributed by atoms with Crippen molar-refractivity contribution in [1.29, 1.82) is 0 Å². The number of methoxy groups -OCH3 is 1. The molecule has 0 aliphatic carbocycles. The normalized spacial score (nSPS) is 19.0. The number of nitro benzene ring substituents is 1. The summed E-state index contributed by atoms with van der Waals surface area (Å²) in [5.41, 5.74) is 2.56. The Morgan fingerprint density at radius 3 is 2.68 bits per heavy atom. The monoisotopic (exact) mass is 417 g/mol. The van der Waals surface area contributed by atoms with Crippen LogP contribution in [0.3, 0.4) is 0 Å². The van der Waals surface area contributed by atoms with E-state index in [0.717, 1.165) is 17.0 Å². The molecule has 144 valence electrons. The van der Waals surface area contributed by atoms with E-state index < -0.39 is 4.92 Å². The Labute approximate surface area is 171 Å². The van der Waals surface area contributed by atoms with Crippen LogP contribution >= 0.6 is 24.2 Å². The molecular formula is C19H16ClN3O4S. The quantitative estimate of drug-likeness (QED) is 0.462. The van der Waals surface area contributed by atoms with Crippen LogP contribution in [0.25, 0.3) is 11.8 Å². The lowest BCUT2D eigenvalue weighted by molar-refractivity contribution is -0.384. The van der Waals surface area contributed by atoms with Gasteiger partial charge in [0.15, 0.2) is 5.50 Å². The second kappa shape index (κ2) is 7.95. The molecule has 0 spiro atoms. The fourth-order valence-electron chi connectivity index (χ4n) is 3.00. The largest absolute Gasteiger partial charge is 0.497 e. The molecule has 9 heteroatoms. The topological polar surface area (TPSA) is 84.7 Å². The Bertz CT molecular complexity index is 991. The molecule has 1 N–H and O–H groups in total. The number of non-ortho nitro benzene ring substituents is 1. The van der Waals surface area contributed by atoms with Gasteiger partial charge in [-0.1, -0.05) is 36.0 Å². The maximum atomic E-state index is 12.5. The Morgan fingerprint density at radius 2 is 2.00 bits per heavy atom. The zero-order chi connectivity index (χ0) is 19.0. The van der Waals surface area contributed by atoms with E-state index in [9.17, 15) is 14.9 Å². The number of fused-ring (bicyclic) bond motifs is 1. The van der Waals surface area contributed by atoms with Crippen LogP contribution < -0.4 is 10.1 Å². The Hall–Kier alpha value is -2.97. The maximum absolute atomic E-state index is 12.5. The third kappa shape index (κ3) is 3.56. The zero-order valence-electron chi connectivity index (χ0n) is 14.7. The van der Waals surface area contributed by atoms with Crippen LogP contribution in [0.5, 0.6) is 5.75 Å². The van der Waals surface area contributed by atoms with Crippen molar-refractivity contribution in [3.05, 3.63) is 80.9 Å². The fraction of sp³-hybridized carbons (Fsp3) is 0.105. The molecule has 0 aromatic heterocycles. The Balaban J connectivity index is 0.00000225. The highest BCUT2D eigenvalue weighted by Gasteiger charge is 2.40. The predicted molar refractivity (Wildman–Crippen MR) is 111 cm³/mol. The van der Waals surface area contributed by atoms with Crippen LogP contribution in [0, 0.1) is 10.1 Å². The Kier molecular flexibility index (Phi) is 5.62. The van der Waals surface area contributed by atoms with E-state index in [1.165, 1.54) is 23.9 Å². The summed E-state index contributed by atoms with van der Waals surface area (Å²) in [5, 5.41) is 15.9. The first-order valence-corrected chi connectivity index (χ1v) is 9.07. The van der Waals surface area contributed by atoms with Gasteiger partial charge < -0.3 is 15.0 Å². The van der Waals surface area contributed by atoms with Gasteiger partial charge in [0.25, 0.3) is 11.6 Å². The van der Waals surface area contributed by atoms with Gasteiger partial charge in [0.1, 0.15) is 11.4 Å². The second-order valence-electron chi connectivity index (χ2n) is 5.95. The molecule has 4 rings (SSSR count). The number of nitro groups is 1. The lowest BCUT2D eigenvalue weighted by Crippen LogP contribution is -2.27. The highest BCUT2D eigenvalue weighted by molar-refractivity contribution is 8.03. The first-order chi connectivity index (χ1) is 13.1. The fourth-order valence-corrected chi connectivity index (χ4v) is 4.03. The van der Waals surface area contributed by atoms with E-state index in [1.54, 1.807) is 25.3 Å². The molecule has 2 aromatic rings. The van der Waals surface area contributed by atoms with Gasteiger partial charge in [-0.25, -0.2) is 0 Å². The van der Waals surface area contributed by atoms with E-state index in [1.807, 2.05) is 34.6 Å². The molecule has 0 radical (unpaired) electrons. The maximum Gasteiger partial charge on any atom is 0.270 e. The number of carbonyl (C=O) groups excluding carboxylic acids is 1. The molecule has 2 aliphatic rings. The summed E-state index contributed by atoms with van der Waals surface area (Å²) in [6.07, 6.45) is 1.80. The molecule has 2 aliphatic heterocycles. The minimum absolute atomic E-state index is 0. The number of halogens is 1. The van der Waals surface area contributed by atoms with Crippen molar-refractivity contribution in [2.24, 2.45) is 0 Å². The van der Waals surface area contributed by atoms with Gasteiger partial charge in [0, 0.05) is 17.7 Å². The number of nitrogens with zero attached hydrogens (tertiary/aromatic N) is 2. The Morgan fingerprint density at radius 1 is 1.25 bits per heavy atom. The van der Waals surface area contributed by atoms with E-state index in [-0.39, 0.29) is 29.5 Å². The van der Waals surface area contributed by atoms with Crippen LogP contribution in [0.15, 0.2) is 59.6 Å². The first-order valence-electron chi connectivity index (χ1n) is 8.13. The number of carbonyl (C=O) groups is 1. The molecule has 1 saturated heterocycles. The van der Waals surface area contributed by atoms with Crippen molar-refractivity contribution in [3.63, 3.8) is 0 Å². The van der Waals surface area contributed by atoms with E-state index >= 15 is 0 Å². The van der Waals surface area contributed by atoms with Crippen LogP contribution in [0.4, 0.5) is 5.69 Å². The van der Waals surface area contributed by atoms with Crippen LogP contribution in [0.1, 0.15) is 11.1 Å². The summed E-state index contributed by atoms with van der Waals surface area (Å²) in [4.78, 5) is 25.0. The summed E-state index contributed by atoms with van der Waals surface area (Å²) in [7, 11) is 1.60. The van der Waals surface area contributed by atoms with Crippen molar-refractivity contribution >= 4 is 47.5 Å². The van der Waals surface area contributed by atoms with Crippen LogP contribution in [0.2, 0.25) is 0 Å². The summed E-state index contributed by atoms with van der Waals surface area (Å²) in [6, 6.07) is 13.8. The van der Waals surface area contributed by atoms with Gasteiger partial charge in [0.05, 0.1) is 17.7 Å². The van der Waals surface area contributed by atoms with Crippen molar-refractivity contribution in [3.8, 4) is 5.75 Å². The first kappa shape index (κ1) is 19.8. The van der Waals surface area contributed by atoms with Crippen LogP contribution in [-0.2, 0) is 4.79 Å². The number of nitrogens with one attached hydrogen (secondary N) is 1. The smallest absolute Gasteiger partial charge is 0.270 e. The van der Waals surface area contributed by atoms with Gasteiger partial charge in [-0.3, -0.25) is 14.9 Å². The predicted octanol–water partition coefficient (Wildman–Crippen LogP) is 3.83. The SMILES string of the molecule is COc1ccc(C=C2C(=O)NC3SC=C(c4cccc([N+](=O)[O-])c4)N23)cc1.Cl. The summed E-state index contributed by atoms with van der Waals surface area (Å²) in [6.45, 7) is 0. The molecule has 28 heavy (non-hydrogen) atoms. The summed E-state index contributed by atoms with van der Waals surface area (Å²) in [5.74, 6) is 0.555. The molecule has 0 saturated carbocycles. The molecule has 2 heterocycles. The van der Waals surface area contributed by atoms with Gasteiger partial charge in [-0.15, -0.1) is 12.4 Å². The number of rotatable bonds is 4. The van der Waals surface area contributed by atoms with Gasteiger partial charge >= 0.3 is 0 Å². The number of thioether (sulfide) groups is 1. The molecular weight excluding hydrogens is 402 g/mol. The van der Waals surface area contributed by atoms with Crippen molar-refractivity contribution in [2.45, 2.75) is 5.50 Å². The van der Waals surface area contributed by atoms with Crippen molar-refractivity contribution in [1.82, 2.24) is 10.2 Å². The minimum atomic E-state index is -0.425. The lowest BCUT2D eigenvalue weighted by atomic mass is 10.1. The van der Waals surface area contributed by atoms with Gasteiger partial charge in [0.2, 0.25) is 0 Å². The van der Waals surface area contributed by atoms with E-state index in [2.05, 4.69) is 5.32 Å². The molecule has 7 nitrogen and oxygen atoms in total. The average Bonchev–Trinajstić information content (AvgIpc) is 3.22. The standard InChI is InChI=1S/C19H15N3O4S.ClH/c1-26-15-7-5-12(6-8-15)9-16-18(23)20-19-21(16)17(11-27-19)13-3-2-4-14(10-13)22(24)25;/h2-11,19H,1H3,(H,20,23);1H. The van der Waals surface area contributed by atoms with E-state index in [4.69, 9.17) is 4.74 Å². The van der Waals surface area contributed by atoms with E-state index in [0.29, 0.717) is 11.3 Å². The highest BCUT2D eigenvalue weighted by Crippen LogP contribution is 2.42. The third-order valence-corrected chi connectivity index (χ3v) is 5.27. The molecule has 2 aromatic carbocycles. The molecule has 1 atom stereocenters. The molecule has 1 fully saturated rings.